The van der Waals surface area contributed by atoms with E-state index in [9.17, 15) is 9.59 Å². The highest BCUT2D eigenvalue weighted by Gasteiger charge is 2.18. The van der Waals surface area contributed by atoms with Gasteiger partial charge in [0, 0.05) is 12.5 Å². The Morgan fingerprint density at radius 3 is 2.16 bits per heavy atom. The minimum Gasteiger partial charge on any atom is -0.463 e. The quantitative estimate of drug-likeness (QED) is 0.583. The Bertz CT molecular complexity index is 434. The Balaban J connectivity index is 2.70. The molecule has 0 aliphatic rings. The Kier molecular flexibility index (Phi) is 5.74. The van der Waals surface area contributed by atoms with E-state index in [0.717, 1.165) is 24.0 Å². The maximum atomic E-state index is 11.2. The van der Waals surface area contributed by atoms with Crippen LogP contribution >= 0.6 is 0 Å². The summed E-state index contributed by atoms with van der Waals surface area (Å²) in [6, 6.07) is 7.64. The predicted molar refractivity (Wildman–Crippen MR) is 75.2 cm³/mol. The van der Waals surface area contributed by atoms with E-state index >= 15 is 0 Å². The molecule has 0 aliphatic heterocycles. The van der Waals surface area contributed by atoms with Gasteiger partial charge in [-0.15, -0.1) is 0 Å². The van der Waals surface area contributed by atoms with Crippen LogP contribution in [0.1, 0.15) is 50.0 Å². The average molecular weight is 262 g/mol. The number of ketones is 1. The highest BCUT2D eigenvalue weighted by molar-refractivity contribution is 5.93. The van der Waals surface area contributed by atoms with Crippen molar-refractivity contribution in [3.63, 3.8) is 0 Å². The molecule has 0 aromatic heterocycles. The third-order valence-corrected chi connectivity index (χ3v) is 3.40. The summed E-state index contributed by atoms with van der Waals surface area (Å²) >= 11 is 0. The van der Waals surface area contributed by atoms with Gasteiger partial charge in [0.1, 0.15) is 6.10 Å². The molecule has 3 nitrogen and oxygen atoms in total. The lowest BCUT2D eigenvalue weighted by atomic mass is 9.92. The number of carbonyl (C=O) groups excluding carboxylic acids is 2. The van der Waals surface area contributed by atoms with E-state index < -0.39 is 0 Å². The number of ether oxygens (including phenoxy) is 1. The van der Waals surface area contributed by atoms with Gasteiger partial charge >= 0.3 is 5.97 Å². The zero-order chi connectivity index (χ0) is 14.4. The first kappa shape index (κ1) is 15.4. The van der Waals surface area contributed by atoms with Gasteiger partial charge in [0.25, 0.3) is 0 Å². The summed E-state index contributed by atoms with van der Waals surface area (Å²) < 4.78 is 5.24. The number of hydrogen-bond acceptors (Lipinski definition) is 3. The molecule has 0 heterocycles. The van der Waals surface area contributed by atoms with Gasteiger partial charge in [-0.1, -0.05) is 31.2 Å². The Morgan fingerprint density at radius 1 is 1.16 bits per heavy atom. The van der Waals surface area contributed by atoms with Crippen LogP contribution in [-0.2, 0) is 16.0 Å². The molecule has 0 fully saturated rings. The lowest BCUT2D eigenvalue weighted by molar-refractivity contribution is -0.148. The molecule has 3 heteroatoms. The van der Waals surface area contributed by atoms with Crippen LogP contribution in [0.3, 0.4) is 0 Å². The molecule has 1 aromatic rings. The second kappa shape index (κ2) is 7.07. The van der Waals surface area contributed by atoms with Crippen molar-refractivity contribution in [3.8, 4) is 0 Å². The van der Waals surface area contributed by atoms with Crippen molar-refractivity contribution in [1.82, 2.24) is 0 Å². The van der Waals surface area contributed by atoms with Gasteiger partial charge in [0.15, 0.2) is 5.78 Å². The van der Waals surface area contributed by atoms with E-state index in [1.54, 1.807) is 6.92 Å². The predicted octanol–water partition coefficient (Wildman–Crippen LogP) is 3.41. The fourth-order valence-corrected chi connectivity index (χ4v) is 2.18. The van der Waals surface area contributed by atoms with E-state index in [0.29, 0.717) is 5.92 Å². The molecule has 0 saturated heterocycles. The van der Waals surface area contributed by atoms with Crippen molar-refractivity contribution < 1.29 is 14.3 Å². The second-order valence-electron chi connectivity index (χ2n) is 4.94. The Labute approximate surface area is 115 Å². The number of rotatable bonds is 6. The van der Waals surface area contributed by atoms with Crippen LogP contribution in [0.15, 0.2) is 24.3 Å². The fourth-order valence-electron chi connectivity index (χ4n) is 2.18. The summed E-state index contributed by atoms with van der Waals surface area (Å²) in [7, 11) is 0. The molecule has 0 saturated carbocycles. The van der Waals surface area contributed by atoms with Crippen LogP contribution in [0.4, 0.5) is 0 Å². The van der Waals surface area contributed by atoms with Gasteiger partial charge in [-0.2, -0.15) is 0 Å². The van der Waals surface area contributed by atoms with E-state index in [2.05, 4.69) is 6.92 Å². The molecule has 1 rings (SSSR count). The third kappa shape index (κ3) is 4.86. The van der Waals surface area contributed by atoms with Crippen molar-refractivity contribution in [1.29, 1.82) is 0 Å². The minimum absolute atomic E-state index is 0.0758. The van der Waals surface area contributed by atoms with E-state index in [1.807, 2.05) is 31.2 Å². The molecule has 19 heavy (non-hydrogen) atoms. The van der Waals surface area contributed by atoms with E-state index in [4.69, 9.17) is 4.74 Å². The first-order valence-electron chi connectivity index (χ1n) is 6.71. The molecular formula is C16H22O3. The SMILES string of the molecule is CCC(Cc1ccc(C(C)=O)cc1)C(C)OC(C)=O. The first-order chi connectivity index (χ1) is 8.93. The second-order valence-corrected chi connectivity index (χ2v) is 4.94. The molecule has 1 aromatic carbocycles. The van der Waals surface area contributed by atoms with Gasteiger partial charge in [-0.05, 0) is 38.2 Å². The molecule has 104 valence electrons. The number of Topliss-reactive ketones (excluding diaryl/α,β-unsaturated/α-hetero) is 1. The lowest BCUT2D eigenvalue weighted by Crippen LogP contribution is -2.24. The van der Waals surface area contributed by atoms with Crippen molar-refractivity contribution in [2.75, 3.05) is 0 Å². The van der Waals surface area contributed by atoms with Crippen LogP contribution < -0.4 is 0 Å². The number of carbonyl (C=O) groups is 2. The zero-order valence-corrected chi connectivity index (χ0v) is 12.1. The largest absolute Gasteiger partial charge is 0.463 e. The molecule has 0 amide bonds. The summed E-state index contributed by atoms with van der Waals surface area (Å²) in [4.78, 5) is 22.2. The maximum Gasteiger partial charge on any atom is 0.302 e. The van der Waals surface area contributed by atoms with Crippen LogP contribution in [-0.4, -0.2) is 17.9 Å². The molecule has 0 bridgehead atoms. The van der Waals surface area contributed by atoms with Gasteiger partial charge in [-0.3, -0.25) is 9.59 Å². The number of esters is 1. The lowest BCUT2D eigenvalue weighted by Gasteiger charge is -2.22. The molecule has 0 aliphatic carbocycles. The molecule has 0 N–H and O–H groups in total. The first-order valence-corrected chi connectivity index (χ1v) is 6.71. The van der Waals surface area contributed by atoms with Gasteiger partial charge in [0.2, 0.25) is 0 Å². The maximum absolute atomic E-state index is 11.2. The highest BCUT2D eigenvalue weighted by Crippen LogP contribution is 2.19. The van der Waals surface area contributed by atoms with Crippen LogP contribution in [0, 0.1) is 5.92 Å². The third-order valence-electron chi connectivity index (χ3n) is 3.40. The fraction of sp³-hybridized carbons (Fsp3) is 0.500. The van der Waals surface area contributed by atoms with Crippen molar-refractivity contribution in [3.05, 3.63) is 35.4 Å². The topological polar surface area (TPSA) is 43.4 Å². The highest BCUT2D eigenvalue weighted by atomic mass is 16.5. The summed E-state index contributed by atoms with van der Waals surface area (Å²) in [5, 5.41) is 0. The molecular weight excluding hydrogens is 240 g/mol. The smallest absolute Gasteiger partial charge is 0.302 e. The van der Waals surface area contributed by atoms with Gasteiger partial charge < -0.3 is 4.74 Å². The minimum atomic E-state index is -0.238. The summed E-state index contributed by atoms with van der Waals surface area (Å²) in [6.07, 6.45) is 1.71. The van der Waals surface area contributed by atoms with Crippen molar-refractivity contribution >= 4 is 11.8 Å². The average Bonchev–Trinajstić information content (AvgIpc) is 2.35. The summed E-state index contributed by atoms with van der Waals surface area (Å²) in [6.45, 7) is 7.02. The van der Waals surface area contributed by atoms with Crippen LogP contribution in [0.25, 0.3) is 0 Å². The normalized spacial score (nSPS) is 13.7. The summed E-state index contributed by atoms with van der Waals surface area (Å²) in [5.41, 5.74) is 1.89. The molecule has 2 unspecified atom stereocenters. The van der Waals surface area contributed by atoms with Crippen LogP contribution in [0.5, 0.6) is 0 Å². The van der Waals surface area contributed by atoms with Crippen molar-refractivity contribution in [2.24, 2.45) is 5.92 Å². The summed E-state index contributed by atoms with van der Waals surface area (Å²) in [5.74, 6) is 0.136. The van der Waals surface area contributed by atoms with Gasteiger partial charge in [0.05, 0.1) is 0 Å². The zero-order valence-electron chi connectivity index (χ0n) is 12.1. The molecule has 2 atom stereocenters. The number of benzene rings is 1. The Morgan fingerprint density at radius 2 is 1.74 bits per heavy atom. The van der Waals surface area contributed by atoms with E-state index in [-0.39, 0.29) is 17.9 Å². The van der Waals surface area contributed by atoms with E-state index in [1.165, 1.54) is 6.92 Å². The Hall–Kier alpha value is -1.64. The number of hydrogen-bond donors (Lipinski definition) is 0. The van der Waals surface area contributed by atoms with Crippen LogP contribution in [0.2, 0.25) is 0 Å². The monoisotopic (exact) mass is 262 g/mol. The molecule has 0 spiro atoms. The standard InChI is InChI=1S/C16H22O3/c1-5-15(12(3)19-13(4)18)10-14-6-8-16(9-7-14)11(2)17/h6-9,12,15H,5,10H2,1-4H3. The van der Waals surface area contributed by atoms with Crippen molar-refractivity contribution in [2.45, 2.75) is 46.6 Å². The van der Waals surface area contributed by atoms with Gasteiger partial charge in [-0.25, -0.2) is 0 Å². The molecule has 0 radical (unpaired) electrons.